The van der Waals surface area contributed by atoms with E-state index in [1.165, 1.54) is 11.3 Å². The fourth-order valence-electron chi connectivity index (χ4n) is 6.69. The molecule has 1 heterocycles. The number of alkyl halides is 3. The van der Waals surface area contributed by atoms with Crippen molar-refractivity contribution in [3.05, 3.63) is 71.1 Å². The number of carboxylic acid groups (broad SMARTS) is 1. The van der Waals surface area contributed by atoms with E-state index < -0.39 is 35.0 Å². The van der Waals surface area contributed by atoms with Crippen LogP contribution in [0.3, 0.4) is 0 Å². The maximum Gasteiger partial charge on any atom is 0.490 e. The first-order chi connectivity index (χ1) is 24.5. The predicted octanol–water partition coefficient (Wildman–Crippen LogP) is 4.61. The molecule has 282 valence electrons. The number of Topliss-reactive ketones (excluding diaryl/α,β-unsaturated/α-hetero) is 1. The number of rotatable bonds is 11. The van der Waals surface area contributed by atoms with Gasteiger partial charge in [0.05, 0.1) is 10.9 Å². The number of carbonyl (C=O) groups excluding carboxylic acids is 4. The fraction of sp³-hybridized carbons (Fsp3) is 0.486. The van der Waals surface area contributed by atoms with Gasteiger partial charge in [0.25, 0.3) is 5.91 Å². The average molecular weight is 746 g/mol. The lowest BCUT2D eigenvalue weighted by Crippen LogP contribution is -2.62. The molecule has 0 spiro atoms. The minimum Gasteiger partial charge on any atom is -0.475 e. The second-order valence-corrected chi connectivity index (χ2v) is 14.9. The zero-order valence-electron chi connectivity index (χ0n) is 29.1. The quantitative estimate of drug-likeness (QED) is 0.153. The van der Waals surface area contributed by atoms with E-state index in [1.54, 1.807) is 6.92 Å². The van der Waals surface area contributed by atoms with Crippen molar-refractivity contribution in [2.45, 2.75) is 108 Å². The molecule has 8 N–H and O–H groups in total. The molecule has 0 radical (unpaired) electrons. The van der Waals surface area contributed by atoms with Gasteiger partial charge in [-0.3, -0.25) is 19.2 Å². The average Bonchev–Trinajstić information content (AvgIpc) is 3.73. The molecule has 1 aromatic heterocycles. The van der Waals surface area contributed by atoms with E-state index in [1.807, 2.05) is 67.6 Å². The first-order valence-electron chi connectivity index (χ1n) is 17.3. The van der Waals surface area contributed by atoms with Gasteiger partial charge in [-0.05, 0) is 75.0 Å². The van der Waals surface area contributed by atoms with Crippen LogP contribution in [0.2, 0.25) is 0 Å². The number of fused-ring (bicyclic) bond motifs is 1. The van der Waals surface area contributed by atoms with Crippen LogP contribution in [0, 0.1) is 5.41 Å². The van der Waals surface area contributed by atoms with Crippen LogP contribution in [0.1, 0.15) is 80.4 Å². The number of carboxylic acids is 1. The normalized spacial score (nSPS) is 23.3. The van der Waals surface area contributed by atoms with Crippen LogP contribution in [-0.4, -0.2) is 70.5 Å². The summed E-state index contributed by atoms with van der Waals surface area (Å²) in [6, 6.07) is 17.3. The maximum atomic E-state index is 14.6. The van der Waals surface area contributed by atoms with E-state index in [9.17, 15) is 32.3 Å². The Morgan fingerprint density at radius 3 is 2.19 bits per heavy atom. The van der Waals surface area contributed by atoms with Gasteiger partial charge in [-0.2, -0.15) is 13.2 Å². The molecular formula is C37H46F3N5O6S. The largest absolute Gasteiger partial charge is 0.490 e. The highest BCUT2D eigenvalue weighted by Gasteiger charge is 2.53. The number of hydrogen-bond donors (Lipinski definition) is 6. The molecule has 3 aromatic rings. The Kier molecular flexibility index (Phi) is 13.2. The van der Waals surface area contributed by atoms with Crippen LogP contribution >= 0.6 is 11.3 Å². The van der Waals surface area contributed by atoms with E-state index >= 15 is 0 Å². The van der Waals surface area contributed by atoms with Crippen molar-refractivity contribution < 1.29 is 42.3 Å². The number of benzene rings is 2. The van der Waals surface area contributed by atoms with Crippen molar-refractivity contribution in [1.29, 1.82) is 0 Å². The number of aliphatic carboxylic acids is 1. The molecule has 2 fully saturated rings. The first-order valence-corrected chi connectivity index (χ1v) is 18.1. The van der Waals surface area contributed by atoms with Crippen LogP contribution in [0.25, 0.3) is 10.1 Å². The Hall–Kier alpha value is -4.34. The van der Waals surface area contributed by atoms with Crippen molar-refractivity contribution in [2.75, 3.05) is 0 Å². The molecule has 11 nitrogen and oxygen atoms in total. The molecule has 0 saturated heterocycles. The highest BCUT2D eigenvalue weighted by Crippen LogP contribution is 2.41. The van der Waals surface area contributed by atoms with Crippen LogP contribution in [0.4, 0.5) is 13.2 Å². The molecule has 0 unspecified atom stereocenters. The van der Waals surface area contributed by atoms with E-state index in [0.29, 0.717) is 17.7 Å². The van der Waals surface area contributed by atoms with E-state index in [-0.39, 0.29) is 55.0 Å². The van der Waals surface area contributed by atoms with Crippen molar-refractivity contribution in [2.24, 2.45) is 16.9 Å². The summed E-state index contributed by atoms with van der Waals surface area (Å²) in [7, 11) is 0. The van der Waals surface area contributed by atoms with Gasteiger partial charge in [0.1, 0.15) is 11.0 Å². The summed E-state index contributed by atoms with van der Waals surface area (Å²) in [4.78, 5) is 65.5. The van der Waals surface area contributed by atoms with Crippen LogP contribution < -0.4 is 27.4 Å². The van der Waals surface area contributed by atoms with Gasteiger partial charge >= 0.3 is 12.1 Å². The molecular weight excluding hydrogens is 699 g/mol. The molecule has 6 atom stereocenters. The zero-order valence-corrected chi connectivity index (χ0v) is 29.9. The van der Waals surface area contributed by atoms with Crippen molar-refractivity contribution >= 4 is 50.9 Å². The lowest BCUT2D eigenvalue weighted by atomic mass is 9.75. The van der Waals surface area contributed by atoms with Crippen LogP contribution in [0.5, 0.6) is 0 Å². The Morgan fingerprint density at radius 1 is 0.981 bits per heavy atom. The van der Waals surface area contributed by atoms with Crippen LogP contribution in [0.15, 0.2) is 60.7 Å². The number of carbonyl (C=O) groups is 5. The standard InChI is InChI=1S/C35H45N5O4S.C2HF3O2/c1-3-34(2,40-31(42)29-20-23-13-7-10-16-28(23)45-29)32(43)39-27(19-22-11-5-4-6-12-22)30(41)35(18-17-24(36)21-35)33(44)38-26-15-9-8-14-25(26)37;3-2(4,5)1(6)7/h4-7,10-13,16,20,24-27H,3,8-9,14-15,17-19,21,36-37H2,1-2H3,(H,38,44)(H,39,43)(H,40,42);(H,6,7)/t24-,25-,26-,27+,34+,35+;/m0./s1. The lowest BCUT2D eigenvalue weighted by molar-refractivity contribution is -0.192. The third kappa shape index (κ3) is 9.75. The molecule has 2 aromatic carbocycles. The monoisotopic (exact) mass is 745 g/mol. The summed E-state index contributed by atoms with van der Waals surface area (Å²) in [6.07, 6.45) is 0.00499. The number of nitrogens with two attached hydrogens (primary N) is 2. The smallest absolute Gasteiger partial charge is 0.475 e. The highest BCUT2D eigenvalue weighted by atomic mass is 32.1. The fourth-order valence-corrected chi connectivity index (χ4v) is 7.65. The summed E-state index contributed by atoms with van der Waals surface area (Å²) in [6.45, 7) is 3.48. The van der Waals surface area contributed by atoms with Gasteiger partial charge < -0.3 is 32.5 Å². The van der Waals surface area contributed by atoms with Gasteiger partial charge in [-0.15, -0.1) is 11.3 Å². The molecule has 5 rings (SSSR count). The summed E-state index contributed by atoms with van der Waals surface area (Å²) in [5, 5.41) is 17.1. The van der Waals surface area contributed by atoms with Gasteiger partial charge in [0, 0.05) is 22.8 Å². The Labute approximate surface area is 304 Å². The van der Waals surface area contributed by atoms with Gasteiger partial charge in [-0.1, -0.05) is 68.3 Å². The number of amides is 3. The second kappa shape index (κ2) is 17.0. The molecule has 3 amide bonds. The van der Waals surface area contributed by atoms with Crippen molar-refractivity contribution in [3.63, 3.8) is 0 Å². The number of halogens is 3. The molecule has 0 aliphatic heterocycles. The van der Waals surface area contributed by atoms with Gasteiger partial charge in [-0.25, -0.2) is 4.79 Å². The van der Waals surface area contributed by atoms with Crippen LogP contribution in [-0.2, 0) is 25.6 Å². The minimum absolute atomic E-state index is 0.167. The Balaban J connectivity index is 0.000000785. The zero-order chi connectivity index (χ0) is 38.3. The summed E-state index contributed by atoms with van der Waals surface area (Å²) in [5.74, 6) is -4.31. The maximum absolute atomic E-state index is 14.6. The lowest BCUT2D eigenvalue weighted by Gasteiger charge is -2.36. The minimum atomic E-state index is -5.08. The van der Waals surface area contributed by atoms with E-state index in [0.717, 1.165) is 41.3 Å². The van der Waals surface area contributed by atoms with E-state index in [4.69, 9.17) is 21.4 Å². The topological polar surface area (TPSA) is 194 Å². The van der Waals surface area contributed by atoms with E-state index in [2.05, 4.69) is 16.0 Å². The SMILES string of the molecule is CC[C@@](C)(NC(=O)c1cc2ccccc2s1)C(=O)N[C@H](Cc1ccccc1)C(=O)[C@@]1(C(=O)N[C@H]2CCCC[C@@H]2N)CC[C@H](N)C1.O=C(O)C(F)(F)F. The van der Waals surface area contributed by atoms with Gasteiger partial charge in [0.2, 0.25) is 11.8 Å². The Morgan fingerprint density at radius 2 is 1.62 bits per heavy atom. The molecule has 2 aliphatic rings. The third-order valence-corrected chi connectivity index (χ3v) is 11.1. The highest BCUT2D eigenvalue weighted by molar-refractivity contribution is 7.20. The first kappa shape index (κ1) is 40.4. The molecule has 0 bridgehead atoms. The third-order valence-electron chi connectivity index (χ3n) is 9.99. The van der Waals surface area contributed by atoms with Crippen molar-refractivity contribution in [3.8, 4) is 0 Å². The molecule has 2 saturated carbocycles. The second-order valence-electron chi connectivity index (χ2n) is 13.8. The molecule has 15 heteroatoms. The molecule has 2 aliphatic carbocycles. The number of ketones is 1. The summed E-state index contributed by atoms with van der Waals surface area (Å²) < 4.78 is 32.7. The summed E-state index contributed by atoms with van der Waals surface area (Å²) in [5.41, 5.74) is 10.8. The van der Waals surface area contributed by atoms with Crippen molar-refractivity contribution in [1.82, 2.24) is 16.0 Å². The summed E-state index contributed by atoms with van der Waals surface area (Å²) >= 11 is 1.36. The predicted molar refractivity (Wildman–Crippen MR) is 191 cm³/mol. The Bertz CT molecular complexity index is 1720. The number of nitrogens with one attached hydrogen (secondary N) is 3. The number of hydrogen-bond acceptors (Lipinski definition) is 8. The van der Waals surface area contributed by atoms with Gasteiger partial charge in [0.15, 0.2) is 5.78 Å². The molecule has 52 heavy (non-hydrogen) atoms. The number of thiophene rings is 1.